The van der Waals surface area contributed by atoms with Crippen LogP contribution in [0, 0.1) is 11.7 Å². The van der Waals surface area contributed by atoms with E-state index < -0.39 is 0 Å². The van der Waals surface area contributed by atoms with E-state index in [1.807, 2.05) is 6.07 Å². The first kappa shape index (κ1) is 12.2. The standard InChI is InChI=1S/C13H20FN/c1-4-13(10(2)3)15-9-11-6-5-7-12(14)8-11/h5-8,10,13,15H,4,9H2,1-3H3. The molecule has 0 aliphatic carbocycles. The van der Waals surface area contributed by atoms with E-state index >= 15 is 0 Å². The lowest BCUT2D eigenvalue weighted by atomic mass is 10.0. The van der Waals surface area contributed by atoms with Gasteiger partial charge < -0.3 is 5.32 Å². The zero-order valence-electron chi connectivity index (χ0n) is 9.76. The predicted molar refractivity (Wildman–Crippen MR) is 62.2 cm³/mol. The van der Waals surface area contributed by atoms with Crippen molar-refractivity contribution in [2.24, 2.45) is 5.92 Å². The van der Waals surface area contributed by atoms with Crippen molar-refractivity contribution in [3.8, 4) is 0 Å². The Balaban J connectivity index is 2.49. The highest BCUT2D eigenvalue weighted by molar-refractivity contribution is 5.16. The van der Waals surface area contributed by atoms with Gasteiger partial charge in [-0.2, -0.15) is 0 Å². The van der Waals surface area contributed by atoms with Crippen LogP contribution in [0.4, 0.5) is 4.39 Å². The van der Waals surface area contributed by atoms with Crippen molar-refractivity contribution in [2.45, 2.75) is 39.8 Å². The Labute approximate surface area is 91.7 Å². The first-order valence-corrected chi connectivity index (χ1v) is 5.61. The number of rotatable bonds is 5. The first-order chi connectivity index (χ1) is 7.13. The van der Waals surface area contributed by atoms with Gasteiger partial charge in [-0.3, -0.25) is 0 Å². The maximum Gasteiger partial charge on any atom is 0.123 e. The van der Waals surface area contributed by atoms with E-state index in [0.717, 1.165) is 18.5 Å². The molecule has 1 unspecified atom stereocenters. The van der Waals surface area contributed by atoms with Crippen LogP contribution in [-0.4, -0.2) is 6.04 Å². The monoisotopic (exact) mass is 209 g/mol. The second kappa shape index (κ2) is 5.86. The molecule has 1 rings (SSSR count). The van der Waals surface area contributed by atoms with Crippen LogP contribution >= 0.6 is 0 Å². The first-order valence-electron chi connectivity index (χ1n) is 5.61. The fraction of sp³-hybridized carbons (Fsp3) is 0.538. The van der Waals surface area contributed by atoms with Crippen LogP contribution in [-0.2, 0) is 6.54 Å². The average Bonchev–Trinajstić information content (AvgIpc) is 2.18. The van der Waals surface area contributed by atoms with Gasteiger partial charge in [0.05, 0.1) is 0 Å². The lowest BCUT2D eigenvalue weighted by Crippen LogP contribution is -2.32. The van der Waals surface area contributed by atoms with Gasteiger partial charge >= 0.3 is 0 Å². The smallest absolute Gasteiger partial charge is 0.123 e. The Kier molecular flexibility index (Phi) is 4.76. The molecule has 0 amide bonds. The van der Waals surface area contributed by atoms with E-state index in [9.17, 15) is 4.39 Å². The number of hydrogen-bond donors (Lipinski definition) is 1. The SMILES string of the molecule is CCC(NCc1cccc(F)c1)C(C)C. The Morgan fingerprint density at radius 2 is 2.07 bits per heavy atom. The zero-order valence-corrected chi connectivity index (χ0v) is 9.76. The van der Waals surface area contributed by atoms with Gasteiger partial charge in [-0.15, -0.1) is 0 Å². The fourth-order valence-electron chi connectivity index (χ4n) is 1.75. The van der Waals surface area contributed by atoms with Crippen LogP contribution in [0.5, 0.6) is 0 Å². The molecule has 0 fully saturated rings. The summed E-state index contributed by atoms with van der Waals surface area (Å²) < 4.78 is 12.9. The molecule has 1 aromatic carbocycles. The zero-order chi connectivity index (χ0) is 11.3. The molecule has 0 bridgehead atoms. The molecular formula is C13H20FN. The molecule has 1 nitrogen and oxygen atoms in total. The fourth-order valence-corrected chi connectivity index (χ4v) is 1.75. The van der Waals surface area contributed by atoms with Crippen LogP contribution in [0.2, 0.25) is 0 Å². The maximum absolute atomic E-state index is 12.9. The van der Waals surface area contributed by atoms with E-state index in [0.29, 0.717) is 12.0 Å². The summed E-state index contributed by atoms with van der Waals surface area (Å²) in [7, 11) is 0. The number of hydrogen-bond acceptors (Lipinski definition) is 1. The molecule has 1 aromatic rings. The molecule has 0 aliphatic rings. The minimum absolute atomic E-state index is 0.160. The molecule has 0 saturated heterocycles. The van der Waals surface area contributed by atoms with Gasteiger partial charge in [-0.05, 0) is 30.0 Å². The van der Waals surface area contributed by atoms with Crippen molar-refractivity contribution in [1.29, 1.82) is 0 Å². The van der Waals surface area contributed by atoms with E-state index in [4.69, 9.17) is 0 Å². The summed E-state index contributed by atoms with van der Waals surface area (Å²) in [5.41, 5.74) is 1.01. The molecule has 84 valence electrons. The predicted octanol–water partition coefficient (Wildman–Crippen LogP) is 3.35. The van der Waals surface area contributed by atoms with Gasteiger partial charge in [0.25, 0.3) is 0 Å². The molecule has 1 N–H and O–H groups in total. The summed E-state index contributed by atoms with van der Waals surface area (Å²) in [6, 6.07) is 7.27. The molecule has 1 atom stereocenters. The van der Waals surface area contributed by atoms with E-state index in [2.05, 4.69) is 26.1 Å². The molecule has 0 radical (unpaired) electrons. The molecule has 0 heterocycles. The molecular weight excluding hydrogens is 189 g/mol. The van der Waals surface area contributed by atoms with Gasteiger partial charge in [0.2, 0.25) is 0 Å². The van der Waals surface area contributed by atoms with Crippen LogP contribution in [0.15, 0.2) is 24.3 Å². The number of halogens is 1. The summed E-state index contributed by atoms with van der Waals surface area (Å²) in [4.78, 5) is 0. The van der Waals surface area contributed by atoms with E-state index in [1.165, 1.54) is 6.07 Å². The lowest BCUT2D eigenvalue weighted by Gasteiger charge is -2.20. The van der Waals surface area contributed by atoms with Gasteiger partial charge in [0.15, 0.2) is 0 Å². The van der Waals surface area contributed by atoms with Crippen molar-refractivity contribution in [3.05, 3.63) is 35.6 Å². The van der Waals surface area contributed by atoms with Crippen molar-refractivity contribution in [2.75, 3.05) is 0 Å². The molecule has 15 heavy (non-hydrogen) atoms. The van der Waals surface area contributed by atoms with Gasteiger partial charge in [0.1, 0.15) is 5.82 Å². The van der Waals surface area contributed by atoms with Crippen molar-refractivity contribution >= 4 is 0 Å². The summed E-state index contributed by atoms with van der Waals surface area (Å²) in [6.07, 6.45) is 1.10. The second-order valence-corrected chi connectivity index (χ2v) is 4.27. The molecule has 0 aliphatic heterocycles. The summed E-state index contributed by atoms with van der Waals surface area (Å²) >= 11 is 0. The van der Waals surface area contributed by atoms with Crippen molar-refractivity contribution in [1.82, 2.24) is 5.32 Å². The molecule has 0 saturated carbocycles. The highest BCUT2D eigenvalue weighted by Crippen LogP contribution is 2.08. The Morgan fingerprint density at radius 3 is 2.60 bits per heavy atom. The molecule has 0 spiro atoms. The highest BCUT2D eigenvalue weighted by Gasteiger charge is 2.09. The maximum atomic E-state index is 12.9. The highest BCUT2D eigenvalue weighted by atomic mass is 19.1. The quantitative estimate of drug-likeness (QED) is 0.784. The van der Waals surface area contributed by atoms with Gasteiger partial charge in [0, 0.05) is 12.6 Å². The van der Waals surface area contributed by atoms with Gasteiger partial charge in [-0.1, -0.05) is 32.9 Å². The Morgan fingerprint density at radius 1 is 1.33 bits per heavy atom. The van der Waals surface area contributed by atoms with Crippen molar-refractivity contribution in [3.63, 3.8) is 0 Å². The number of benzene rings is 1. The Bertz CT molecular complexity index is 296. The minimum Gasteiger partial charge on any atom is -0.310 e. The van der Waals surface area contributed by atoms with Crippen LogP contribution in [0.1, 0.15) is 32.8 Å². The van der Waals surface area contributed by atoms with Gasteiger partial charge in [-0.25, -0.2) is 4.39 Å². The van der Waals surface area contributed by atoms with Crippen LogP contribution < -0.4 is 5.32 Å². The third kappa shape index (κ3) is 4.00. The molecule has 2 heteroatoms. The largest absolute Gasteiger partial charge is 0.310 e. The van der Waals surface area contributed by atoms with Crippen LogP contribution in [0.3, 0.4) is 0 Å². The topological polar surface area (TPSA) is 12.0 Å². The number of nitrogens with one attached hydrogen (secondary N) is 1. The van der Waals surface area contributed by atoms with Crippen LogP contribution in [0.25, 0.3) is 0 Å². The van der Waals surface area contributed by atoms with Crippen molar-refractivity contribution < 1.29 is 4.39 Å². The minimum atomic E-state index is -0.160. The third-order valence-corrected chi connectivity index (χ3v) is 2.70. The third-order valence-electron chi connectivity index (χ3n) is 2.70. The van der Waals surface area contributed by atoms with E-state index in [-0.39, 0.29) is 5.82 Å². The summed E-state index contributed by atoms with van der Waals surface area (Å²) in [6.45, 7) is 7.32. The molecule has 0 aromatic heterocycles. The van der Waals surface area contributed by atoms with E-state index in [1.54, 1.807) is 12.1 Å². The Hall–Kier alpha value is -0.890. The second-order valence-electron chi connectivity index (χ2n) is 4.27. The normalized spacial score (nSPS) is 13.1. The average molecular weight is 209 g/mol. The summed E-state index contributed by atoms with van der Waals surface area (Å²) in [5, 5.41) is 3.45. The summed E-state index contributed by atoms with van der Waals surface area (Å²) in [5.74, 6) is 0.454. The lowest BCUT2D eigenvalue weighted by molar-refractivity contribution is 0.387.